The molecule has 0 bridgehead atoms. The van der Waals surface area contributed by atoms with Crippen molar-refractivity contribution in [1.29, 1.82) is 0 Å². The Morgan fingerprint density at radius 2 is 2.07 bits per heavy atom. The average molecular weight is 415 g/mol. The summed E-state index contributed by atoms with van der Waals surface area (Å²) in [7, 11) is 0. The predicted octanol–water partition coefficient (Wildman–Crippen LogP) is 3.64. The monoisotopic (exact) mass is 414 g/mol. The van der Waals surface area contributed by atoms with E-state index in [1.807, 2.05) is 30.0 Å². The number of hydrogen-bond donors (Lipinski definition) is 0. The molecule has 0 N–H and O–H groups in total. The lowest BCUT2D eigenvalue weighted by atomic mass is 9.95. The highest BCUT2D eigenvalue weighted by molar-refractivity contribution is 6.30. The standard InChI is InChI=1S/C22H27ClN4O2/c1-16-24-14-19(22(28)26-9-11-29-12-10-26)21(25-16)20-7-2-3-8-27(20)15-17-5-4-6-18(23)13-17/h4-6,13-14,20H,2-3,7-12,15H2,1H3/t20-/m1/s1. The van der Waals surface area contributed by atoms with Crippen molar-refractivity contribution in [2.75, 3.05) is 32.8 Å². The van der Waals surface area contributed by atoms with Crippen LogP contribution in [0.2, 0.25) is 5.02 Å². The zero-order chi connectivity index (χ0) is 20.2. The zero-order valence-electron chi connectivity index (χ0n) is 16.8. The summed E-state index contributed by atoms with van der Waals surface area (Å²) >= 11 is 6.19. The molecule has 1 atom stereocenters. The van der Waals surface area contributed by atoms with E-state index in [1.165, 1.54) is 5.56 Å². The summed E-state index contributed by atoms with van der Waals surface area (Å²) in [5.41, 5.74) is 2.66. The second-order valence-electron chi connectivity index (χ2n) is 7.73. The van der Waals surface area contributed by atoms with Crippen LogP contribution in [0, 0.1) is 6.92 Å². The Labute approximate surface area is 176 Å². The van der Waals surface area contributed by atoms with Gasteiger partial charge < -0.3 is 9.64 Å². The van der Waals surface area contributed by atoms with Gasteiger partial charge in [0.15, 0.2) is 0 Å². The summed E-state index contributed by atoms with van der Waals surface area (Å²) in [5.74, 6) is 0.711. The molecule has 2 saturated heterocycles. The molecule has 154 valence electrons. The Kier molecular flexibility index (Phi) is 6.43. The SMILES string of the molecule is Cc1ncc(C(=O)N2CCOCC2)c([C@H]2CCCCN2Cc2cccc(Cl)c2)n1. The molecule has 29 heavy (non-hydrogen) atoms. The van der Waals surface area contributed by atoms with Gasteiger partial charge in [-0.25, -0.2) is 9.97 Å². The van der Waals surface area contributed by atoms with E-state index >= 15 is 0 Å². The number of morpholine rings is 1. The summed E-state index contributed by atoms with van der Waals surface area (Å²) in [6.45, 7) is 6.05. The number of ether oxygens (including phenoxy) is 1. The Morgan fingerprint density at radius 3 is 2.86 bits per heavy atom. The van der Waals surface area contributed by atoms with Crippen LogP contribution in [0.4, 0.5) is 0 Å². The second kappa shape index (κ2) is 9.20. The highest BCUT2D eigenvalue weighted by atomic mass is 35.5. The number of hydrogen-bond acceptors (Lipinski definition) is 5. The van der Waals surface area contributed by atoms with Crippen LogP contribution in [0.1, 0.15) is 52.7 Å². The van der Waals surface area contributed by atoms with E-state index in [4.69, 9.17) is 21.3 Å². The quantitative estimate of drug-likeness (QED) is 0.764. The number of nitrogens with zero attached hydrogens (tertiary/aromatic N) is 4. The van der Waals surface area contributed by atoms with Crippen LogP contribution >= 0.6 is 11.6 Å². The van der Waals surface area contributed by atoms with Gasteiger partial charge in [0.2, 0.25) is 0 Å². The Balaban J connectivity index is 1.63. The third kappa shape index (κ3) is 4.77. The third-order valence-electron chi connectivity index (χ3n) is 5.67. The Hall–Kier alpha value is -2.02. The lowest BCUT2D eigenvalue weighted by molar-refractivity contribution is 0.0298. The Bertz CT molecular complexity index is 870. The predicted molar refractivity (Wildman–Crippen MR) is 112 cm³/mol. The molecule has 1 aromatic carbocycles. The number of piperidine rings is 1. The molecule has 2 aromatic rings. The molecule has 1 amide bonds. The smallest absolute Gasteiger partial charge is 0.257 e. The maximum Gasteiger partial charge on any atom is 0.257 e. The molecular weight excluding hydrogens is 388 g/mol. The van der Waals surface area contributed by atoms with Gasteiger partial charge in [0.1, 0.15) is 5.82 Å². The van der Waals surface area contributed by atoms with E-state index in [2.05, 4.69) is 16.0 Å². The molecule has 0 spiro atoms. The normalized spacial score (nSPS) is 20.6. The summed E-state index contributed by atoms with van der Waals surface area (Å²) in [6, 6.07) is 8.09. The number of benzene rings is 1. The van der Waals surface area contributed by atoms with Crippen molar-refractivity contribution in [3.63, 3.8) is 0 Å². The van der Waals surface area contributed by atoms with E-state index in [0.29, 0.717) is 37.7 Å². The van der Waals surface area contributed by atoms with Gasteiger partial charge >= 0.3 is 0 Å². The maximum atomic E-state index is 13.2. The van der Waals surface area contributed by atoms with Crippen LogP contribution < -0.4 is 0 Å². The second-order valence-corrected chi connectivity index (χ2v) is 8.17. The molecule has 0 radical (unpaired) electrons. The minimum absolute atomic E-state index is 0.0107. The molecule has 7 heteroatoms. The molecule has 2 aliphatic rings. The van der Waals surface area contributed by atoms with Gasteiger partial charge in [0.05, 0.1) is 30.5 Å². The van der Waals surface area contributed by atoms with Crippen LogP contribution in [0.15, 0.2) is 30.5 Å². The van der Waals surface area contributed by atoms with E-state index in [1.54, 1.807) is 6.20 Å². The highest BCUT2D eigenvalue weighted by Gasteiger charge is 2.31. The van der Waals surface area contributed by atoms with Crippen LogP contribution in [-0.4, -0.2) is 58.5 Å². The van der Waals surface area contributed by atoms with E-state index in [9.17, 15) is 4.79 Å². The average Bonchev–Trinajstić information content (AvgIpc) is 2.74. The fraction of sp³-hybridized carbons (Fsp3) is 0.500. The number of amides is 1. The van der Waals surface area contributed by atoms with Crippen LogP contribution in [-0.2, 0) is 11.3 Å². The topological polar surface area (TPSA) is 58.6 Å². The van der Waals surface area contributed by atoms with Gasteiger partial charge in [0, 0.05) is 30.9 Å². The van der Waals surface area contributed by atoms with Crippen molar-refractivity contribution in [3.05, 3.63) is 58.1 Å². The van der Waals surface area contributed by atoms with Crippen molar-refractivity contribution in [2.24, 2.45) is 0 Å². The van der Waals surface area contributed by atoms with Crippen molar-refractivity contribution < 1.29 is 9.53 Å². The van der Waals surface area contributed by atoms with Gasteiger partial charge in [0.25, 0.3) is 5.91 Å². The molecule has 0 unspecified atom stereocenters. The fourth-order valence-corrected chi connectivity index (χ4v) is 4.42. The van der Waals surface area contributed by atoms with Gasteiger partial charge in [-0.15, -0.1) is 0 Å². The first-order valence-electron chi connectivity index (χ1n) is 10.3. The van der Waals surface area contributed by atoms with Crippen molar-refractivity contribution in [2.45, 2.75) is 38.8 Å². The van der Waals surface area contributed by atoms with Crippen LogP contribution in [0.3, 0.4) is 0 Å². The van der Waals surface area contributed by atoms with E-state index in [-0.39, 0.29) is 11.9 Å². The van der Waals surface area contributed by atoms with Crippen molar-refractivity contribution in [3.8, 4) is 0 Å². The number of halogens is 1. The van der Waals surface area contributed by atoms with Gasteiger partial charge in [-0.3, -0.25) is 9.69 Å². The number of aryl methyl sites for hydroxylation is 1. The lowest BCUT2D eigenvalue weighted by Crippen LogP contribution is -2.42. The molecule has 2 aliphatic heterocycles. The largest absolute Gasteiger partial charge is 0.378 e. The molecule has 2 fully saturated rings. The molecule has 6 nitrogen and oxygen atoms in total. The number of carbonyl (C=O) groups excluding carboxylic acids is 1. The van der Waals surface area contributed by atoms with Crippen molar-refractivity contribution in [1.82, 2.24) is 19.8 Å². The first kappa shape index (κ1) is 20.3. The zero-order valence-corrected chi connectivity index (χ0v) is 17.6. The van der Waals surface area contributed by atoms with E-state index < -0.39 is 0 Å². The number of carbonyl (C=O) groups is 1. The van der Waals surface area contributed by atoms with Crippen LogP contribution in [0.25, 0.3) is 0 Å². The minimum atomic E-state index is 0.0107. The molecule has 0 aliphatic carbocycles. The number of rotatable bonds is 4. The van der Waals surface area contributed by atoms with Crippen molar-refractivity contribution >= 4 is 17.5 Å². The van der Waals surface area contributed by atoms with Gasteiger partial charge in [-0.2, -0.15) is 0 Å². The third-order valence-corrected chi connectivity index (χ3v) is 5.91. The number of aromatic nitrogens is 2. The minimum Gasteiger partial charge on any atom is -0.378 e. The molecule has 3 heterocycles. The summed E-state index contributed by atoms with van der Waals surface area (Å²) in [6.07, 6.45) is 4.97. The van der Waals surface area contributed by atoms with E-state index in [0.717, 1.165) is 43.1 Å². The fourth-order valence-electron chi connectivity index (χ4n) is 4.20. The Morgan fingerprint density at radius 1 is 1.24 bits per heavy atom. The highest BCUT2D eigenvalue weighted by Crippen LogP contribution is 2.33. The first-order chi connectivity index (χ1) is 14.1. The summed E-state index contributed by atoms with van der Waals surface area (Å²) < 4.78 is 5.40. The lowest BCUT2D eigenvalue weighted by Gasteiger charge is -2.36. The summed E-state index contributed by atoms with van der Waals surface area (Å²) in [5, 5.41) is 0.747. The molecule has 1 aromatic heterocycles. The number of likely N-dealkylation sites (tertiary alicyclic amines) is 1. The molecule has 4 rings (SSSR count). The van der Waals surface area contributed by atoms with Gasteiger partial charge in [-0.05, 0) is 44.0 Å². The molecular formula is C22H27ClN4O2. The van der Waals surface area contributed by atoms with Crippen LogP contribution in [0.5, 0.6) is 0 Å². The van der Waals surface area contributed by atoms with Gasteiger partial charge in [-0.1, -0.05) is 30.2 Å². The maximum absolute atomic E-state index is 13.2. The first-order valence-corrected chi connectivity index (χ1v) is 10.7. The summed E-state index contributed by atoms with van der Waals surface area (Å²) in [4.78, 5) is 26.6. The molecule has 0 saturated carbocycles.